The number of hydrogen-bond acceptors (Lipinski definition) is 3. The van der Waals surface area contributed by atoms with Gasteiger partial charge in [0.05, 0.1) is 5.69 Å². The van der Waals surface area contributed by atoms with Crippen LogP contribution in [-0.2, 0) is 19.6 Å². The molecule has 0 fully saturated rings. The summed E-state index contributed by atoms with van der Waals surface area (Å²) in [7, 11) is 0. The van der Waals surface area contributed by atoms with Gasteiger partial charge in [-0.25, -0.2) is 0 Å². The predicted molar refractivity (Wildman–Crippen MR) is 69.1 cm³/mol. The van der Waals surface area contributed by atoms with Crippen LogP contribution in [0.15, 0.2) is 48.7 Å². The fourth-order valence-corrected chi connectivity index (χ4v) is 1.63. The summed E-state index contributed by atoms with van der Waals surface area (Å²) in [4.78, 5) is 4.26. The van der Waals surface area contributed by atoms with Crippen molar-refractivity contribution in [2.45, 2.75) is 19.6 Å². The first-order valence-electron chi connectivity index (χ1n) is 5.77. The summed E-state index contributed by atoms with van der Waals surface area (Å²) >= 11 is 0. The van der Waals surface area contributed by atoms with Crippen molar-refractivity contribution in [1.82, 2.24) is 10.3 Å². The zero-order valence-electron chi connectivity index (χ0n) is 9.76. The molecule has 0 atom stereocenters. The number of hydrogen-bond donors (Lipinski definition) is 2. The Hall–Kier alpha value is -1.71. The van der Waals surface area contributed by atoms with Crippen LogP contribution in [0.2, 0.25) is 0 Å². The highest BCUT2D eigenvalue weighted by Gasteiger charge is 1.95. The Morgan fingerprint density at radius 1 is 0.941 bits per heavy atom. The van der Waals surface area contributed by atoms with Crippen LogP contribution in [0.25, 0.3) is 0 Å². The average Bonchev–Trinajstić information content (AvgIpc) is 2.41. The Morgan fingerprint density at radius 2 is 1.71 bits per heavy atom. The molecule has 0 unspecified atom stereocenters. The molecule has 0 radical (unpaired) electrons. The molecule has 88 valence electrons. The van der Waals surface area contributed by atoms with Crippen molar-refractivity contribution < 1.29 is 0 Å². The number of nitrogens with one attached hydrogen (secondary N) is 1. The molecular formula is C14H17N3. The first kappa shape index (κ1) is 11.8. The summed E-state index contributed by atoms with van der Waals surface area (Å²) in [6, 6.07) is 14.3. The third-order valence-electron chi connectivity index (χ3n) is 2.62. The number of nitrogens with two attached hydrogens (primary N) is 1. The van der Waals surface area contributed by atoms with Gasteiger partial charge in [-0.05, 0) is 23.3 Å². The van der Waals surface area contributed by atoms with Gasteiger partial charge in [0.25, 0.3) is 0 Å². The highest BCUT2D eigenvalue weighted by molar-refractivity contribution is 5.22. The summed E-state index contributed by atoms with van der Waals surface area (Å²) in [5.41, 5.74) is 9.04. The first-order valence-corrected chi connectivity index (χ1v) is 5.77. The van der Waals surface area contributed by atoms with E-state index in [4.69, 9.17) is 5.73 Å². The van der Waals surface area contributed by atoms with E-state index in [9.17, 15) is 0 Å². The third kappa shape index (κ3) is 3.66. The van der Waals surface area contributed by atoms with Gasteiger partial charge < -0.3 is 11.1 Å². The second-order valence-electron chi connectivity index (χ2n) is 3.95. The van der Waals surface area contributed by atoms with Gasteiger partial charge in [0, 0.05) is 25.8 Å². The van der Waals surface area contributed by atoms with Crippen LogP contribution < -0.4 is 11.1 Å². The average molecular weight is 227 g/mol. The summed E-state index contributed by atoms with van der Waals surface area (Å²) in [5, 5.41) is 3.36. The largest absolute Gasteiger partial charge is 0.326 e. The highest BCUT2D eigenvalue weighted by Crippen LogP contribution is 2.03. The van der Waals surface area contributed by atoms with Crippen molar-refractivity contribution >= 4 is 0 Å². The Bertz CT molecular complexity index is 437. The molecule has 2 aromatic rings. The lowest BCUT2D eigenvalue weighted by Gasteiger charge is -2.05. The number of benzene rings is 1. The minimum absolute atomic E-state index is 0.599. The standard InChI is InChI=1S/C14H17N3/c15-9-12-4-6-13(7-5-12)10-16-11-14-3-1-2-8-17-14/h1-8,16H,9-11,15H2. The molecular weight excluding hydrogens is 210 g/mol. The van der Waals surface area contributed by atoms with Gasteiger partial charge in [-0.15, -0.1) is 0 Å². The summed E-state index contributed by atoms with van der Waals surface area (Å²) < 4.78 is 0. The van der Waals surface area contributed by atoms with Gasteiger partial charge in [-0.3, -0.25) is 4.98 Å². The van der Waals surface area contributed by atoms with Crippen LogP contribution in [0, 0.1) is 0 Å². The van der Waals surface area contributed by atoms with Crippen LogP contribution in [0.5, 0.6) is 0 Å². The summed E-state index contributed by atoms with van der Waals surface area (Å²) in [6.45, 7) is 2.24. The fourth-order valence-electron chi connectivity index (χ4n) is 1.63. The molecule has 0 aliphatic heterocycles. The van der Waals surface area contributed by atoms with Crippen LogP contribution >= 0.6 is 0 Å². The molecule has 0 amide bonds. The van der Waals surface area contributed by atoms with Gasteiger partial charge in [0.15, 0.2) is 0 Å². The molecule has 1 aromatic heterocycles. The van der Waals surface area contributed by atoms with Crippen LogP contribution in [0.4, 0.5) is 0 Å². The van der Waals surface area contributed by atoms with E-state index in [1.54, 1.807) is 0 Å². The molecule has 0 aliphatic rings. The number of pyridine rings is 1. The molecule has 0 spiro atoms. The van der Waals surface area contributed by atoms with Crippen molar-refractivity contribution in [3.8, 4) is 0 Å². The lowest BCUT2D eigenvalue weighted by molar-refractivity contribution is 0.679. The quantitative estimate of drug-likeness (QED) is 0.819. The Labute approximate surface area is 102 Å². The monoisotopic (exact) mass is 227 g/mol. The van der Waals surface area contributed by atoms with Crippen LogP contribution in [0.1, 0.15) is 16.8 Å². The molecule has 2 rings (SSSR count). The van der Waals surface area contributed by atoms with E-state index >= 15 is 0 Å². The van der Waals surface area contributed by atoms with E-state index in [2.05, 4.69) is 34.6 Å². The molecule has 0 bridgehead atoms. The fraction of sp³-hybridized carbons (Fsp3) is 0.214. The second kappa shape index (κ2) is 6.13. The van der Waals surface area contributed by atoms with Gasteiger partial charge in [0.1, 0.15) is 0 Å². The SMILES string of the molecule is NCc1ccc(CNCc2ccccn2)cc1. The van der Waals surface area contributed by atoms with Crippen molar-refractivity contribution in [2.75, 3.05) is 0 Å². The molecule has 0 saturated heterocycles. The maximum Gasteiger partial charge on any atom is 0.0541 e. The second-order valence-corrected chi connectivity index (χ2v) is 3.95. The Balaban J connectivity index is 1.82. The van der Waals surface area contributed by atoms with E-state index in [1.807, 2.05) is 24.4 Å². The normalized spacial score (nSPS) is 10.4. The maximum atomic E-state index is 5.55. The molecule has 3 nitrogen and oxygen atoms in total. The molecule has 17 heavy (non-hydrogen) atoms. The topological polar surface area (TPSA) is 50.9 Å². The van der Waals surface area contributed by atoms with E-state index < -0.39 is 0 Å². The van der Waals surface area contributed by atoms with Crippen molar-refractivity contribution in [2.24, 2.45) is 5.73 Å². The Morgan fingerprint density at radius 3 is 2.35 bits per heavy atom. The van der Waals surface area contributed by atoms with Crippen molar-refractivity contribution in [3.63, 3.8) is 0 Å². The van der Waals surface area contributed by atoms with E-state index in [0.717, 1.165) is 18.8 Å². The van der Waals surface area contributed by atoms with Gasteiger partial charge in [-0.1, -0.05) is 30.3 Å². The van der Waals surface area contributed by atoms with E-state index in [-0.39, 0.29) is 0 Å². The third-order valence-corrected chi connectivity index (χ3v) is 2.62. The number of nitrogens with zero attached hydrogens (tertiary/aromatic N) is 1. The van der Waals surface area contributed by atoms with Crippen molar-refractivity contribution in [3.05, 3.63) is 65.5 Å². The summed E-state index contributed by atoms with van der Waals surface area (Å²) in [5.74, 6) is 0. The molecule has 3 N–H and O–H groups in total. The Kier molecular flexibility index (Phi) is 4.24. The first-order chi connectivity index (χ1) is 8.38. The van der Waals surface area contributed by atoms with Gasteiger partial charge in [0.2, 0.25) is 0 Å². The van der Waals surface area contributed by atoms with Crippen molar-refractivity contribution in [1.29, 1.82) is 0 Å². The van der Waals surface area contributed by atoms with E-state index in [1.165, 1.54) is 11.1 Å². The van der Waals surface area contributed by atoms with Crippen LogP contribution in [-0.4, -0.2) is 4.98 Å². The summed E-state index contributed by atoms with van der Waals surface area (Å²) in [6.07, 6.45) is 1.81. The number of aromatic nitrogens is 1. The molecule has 0 aliphatic carbocycles. The molecule has 0 saturated carbocycles. The van der Waals surface area contributed by atoms with Crippen LogP contribution in [0.3, 0.4) is 0 Å². The lowest BCUT2D eigenvalue weighted by atomic mass is 10.1. The minimum Gasteiger partial charge on any atom is -0.326 e. The number of rotatable bonds is 5. The highest BCUT2D eigenvalue weighted by atomic mass is 14.9. The predicted octanol–water partition coefficient (Wildman–Crippen LogP) is 1.83. The van der Waals surface area contributed by atoms with Gasteiger partial charge in [-0.2, -0.15) is 0 Å². The maximum absolute atomic E-state index is 5.55. The zero-order chi connectivity index (χ0) is 11.9. The van der Waals surface area contributed by atoms with Gasteiger partial charge >= 0.3 is 0 Å². The smallest absolute Gasteiger partial charge is 0.0541 e. The molecule has 3 heteroatoms. The lowest BCUT2D eigenvalue weighted by Crippen LogP contribution is -2.13. The minimum atomic E-state index is 0.599. The van der Waals surface area contributed by atoms with E-state index in [0.29, 0.717) is 6.54 Å². The molecule has 1 heterocycles. The molecule has 1 aromatic carbocycles. The zero-order valence-corrected chi connectivity index (χ0v) is 9.76.